The Morgan fingerprint density at radius 1 is 1.37 bits per heavy atom. The van der Waals surface area contributed by atoms with Gasteiger partial charge in [-0.1, -0.05) is 5.92 Å². The molecule has 19 heavy (non-hydrogen) atoms. The van der Waals surface area contributed by atoms with Crippen molar-refractivity contribution < 1.29 is 19.8 Å². The van der Waals surface area contributed by atoms with Crippen LogP contribution in [0.4, 0.5) is 4.79 Å². The maximum absolute atomic E-state index is 12.3. The van der Waals surface area contributed by atoms with Crippen molar-refractivity contribution >= 4 is 12.0 Å². The number of rotatable bonds is 7. The number of carboxylic acids is 1. The number of carbonyl (C=O) groups is 2. The van der Waals surface area contributed by atoms with Gasteiger partial charge in [0.1, 0.15) is 6.54 Å². The van der Waals surface area contributed by atoms with Gasteiger partial charge in [0.15, 0.2) is 0 Å². The molecule has 6 nitrogen and oxygen atoms in total. The lowest BCUT2D eigenvalue weighted by molar-refractivity contribution is -0.137. The highest BCUT2D eigenvalue weighted by atomic mass is 16.4. The van der Waals surface area contributed by atoms with Crippen LogP contribution >= 0.6 is 0 Å². The van der Waals surface area contributed by atoms with Crippen molar-refractivity contribution in [2.75, 3.05) is 26.2 Å². The second-order valence-corrected chi connectivity index (χ2v) is 4.59. The van der Waals surface area contributed by atoms with Crippen molar-refractivity contribution in [3.63, 3.8) is 0 Å². The number of amides is 2. The molecule has 1 rings (SSSR count). The molecule has 1 fully saturated rings. The van der Waals surface area contributed by atoms with Crippen LogP contribution in [0.15, 0.2) is 0 Å². The number of aliphatic hydroxyl groups excluding tert-OH is 1. The molecule has 0 heterocycles. The number of hydrogen-bond acceptors (Lipinski definition) is 3. The number of aliphatic carboxylic acids is 1. The van der Waals surface area contributed by atoms with Gasteiger partial charge in [0, 0.05) is 19.2 Å². The number of hydrogen-bond donors (Lipinski definition) is 2. The minimum Gasteiger partial charge on any atom is -0.480 e. The number of carbonyl (C=O) groups excluding carboxylic acids is 1. The summed E-state index contributed by atoms with van der Waals surface area (Å²) in [5.74, 6) is 1.22. The summed E-state index contributed by atoms with van der Waals surface area (Å²) in [6.07, 6.45) is 8.58. The molecule has 0 aromatic heterocycles. The lowest BCUT2D eigenvalue weighted by Gasteiger charge is -2.39. The lowest BCUT2D eigenvalue weighted by Crippen LogP contribution is -2.52. The SMILES string of the molecule is C#CCN(CC(=O)O)C(=O)N(CCCO)C1CCC1. The quantitative estimate of drug-likeness (QED) is 0.653. The Kier molecular flexibility index (Phi) is 6.16. The van der Waals surface area contributed by atoms with Gasteiger partial charge in [-0.2, -0.15) is 0 Å². The van der Waals surface area contributed by atoms with Crippen LogP contribution in [0, 0.1) is 12.3 Å². The summed E-state index contributed by atoms with van der Waals surface area (Å²) < 4.78 is 0. The van der Waals surface area contributed by atoms with Gasteiger partial charge in [0.25, 0.3) is 0 Å². The highest BCUT2D eigenvalue weighted by molar-refractivity contribution is 5.80. The van der Waals surface area contributed by atoms with Crippen molar-refractivity contribution in [3.05, 3.63) is 0 Å². The third-order valence-electron chi connectivity index (χ3n) is 3.20. The summed E-state index contributed by atoms with van der Waals surface area (Å²) in [6.45, 7) is 0.0180. The Morgan fingerprint density at radius 3 is 2.47 bits per heavy atom. The van der Waals surface area contributed by atoms with Crippen molar-refractivity contribution in [2.45, 2.75) is 31.7 Å². The fourth-order valence-electron chi connectivity index (χ4n) is 2.02. The molecule has 6 heteroatoms. The first-order valence-corrected chi connectivity index (χ1v) is 6.41. The van der Waals surface area contributed by atoms with E-state index in [2.05, 4.69) is 5.92 Å². The van der Waals surface area contributed by atoms with Crippen LogP contribution in [-0.4, -0.2) is 64.3 Å². The van der Waals surface area contributed by atoms with Gasteiger partial charge >= 0.3 is 12.0 Å². The molecule has 0 spiro atoms. The minimum atomic E-state index is -1.08. The maximum Gasteiger partial charge on any atom is 0.323 e. The fraction of sp³-hybridized carbons (Fsp3) is 0.692. The molecule has 2 N–H and O–H groups in total. The topological polar surface area (TPSA) is 81.1 Å². The van der Waals surface area contributed by atoms with E-state index in [1.807, 2.05) is 0 Å². The van der Waals surface area contributed by atoms with E-state index < -0.39 is 12.5 Å². The lowest BCUT2D eigenvalue weighted by atomic mass is 9.91. The van der Waals surface area contributed by atoms with E-state index >= 15 is 0 Å². The minimum absolute atomic E-state index is 0.00453. The third-order valence-corrected chi connectivity index (χ3v) is 3.20. The van der Waals surface area contributed by atoms with E-state index in [1.54, 1.807) is 4.90 Å². The monoisotopic (exact) mass is 268 g/mol. The largest absolute Gasteiger partial charge is 0.480 e. The van der Waals surface area contributed by atoms with Gasteiger partial charge in [-0.3, -0.25) is 4.79 Å². The second-order valence-electron chi connectivity index (χ2n) is 4.59. The Balaban J connectivity index is 2.70. The smallest absolute Gasteiger partial charge is 0.323 e. The molecule has 0 bridgehead atoms. The zero-order valence-electron chi connectivity index (χ0n) is 10.9. The molecule has 1 aliphatic carbocycles. The zero-order valence-corrected chi connectivity index (χ0v) is 10.9. The first kappa shape index (κ1) is 15.3. The summed E-state index contributed by atoms with van der Waals surface area (Å²) in [7, 11) is 0. The number of urea groups is 1. The predicted molar refractivity (Wildman–Crippen MR) is 69.5 cm³/mol. The second kappa shape index (κ2) is 7.64. The van der Waals surface area contributed by atoms with Crippen LogP contribution in [0.3, 0.4) is 0 Å². The van der Waals surface area contributed by atoms with Crippen molar-refractivity contribution in [1.29, 1.82) is 0 Å². The summed E-state index contributed by atoms with van der Waals surface area (Å²) in [4.78, 5) is 25.9. The van der Waals surface area contributed by atoms with Gasteiger partial charge in [-0.15, -0.1) is 6.42 Å². The Labute approximate surface area is 113 Å². The zero-order chi connectivity index (χ0) is 14.3. The van der Waals surface area contributed by atoms with Crippen LogP contribution in [0.5, 0.6) is 0 Å². The first-order chi connectivity index (χ1) is 9.10. The fourth-order valence-corrected chi connectivity index (χ4v) is 2.02. The molecule has 0 aromatic rings. The van der Waals surface area contributed by atoms with Crippen LogP contribution in [0.1, 0.15) is 25.7 Å². The summed E-state index contributed by atoms with van der Waals surface area (Å²) in [5, 5.41) is 17.7. The van der Waals surface area contributed by atoms with Crippen LogP contribution in [0.2, 0.25) is 0 Å². The molecule has 1 aliphatic rings. The number of terminal acetylenes is 1. The van der Waals surface area contributed by atoms with Gasteiger partial charge in [-0.05, 0) is 25.7 Å². The van der Waals surface area contributed by atoms with Crippen molar-refractivity contribution in [1.82, 2.24) is 9.80 Å². The summed E-state index contributed by atoms with van der Waals surface area (Å²) >= 11 is 0. The summed E-state index contributed by atoms with van der Waals surface area (Å²) in [5.41, 5.74) is 0. The molecule has 0 radical (unpaired) electrons. The van der Waals surface area contributed by atoms with E-state index in [1.165, 1.54) is 0 Å². The predicted octanol–water partition coefficient (Wildman–Crippen LogP) is 0.363. The normalized spacial score (nSPS) is 14.3. The van der Waals surface area contributed by atoms with Gasteiger partial charge in [0.05, 0.1) is 6.54 Å². The van der Waals surface area contributed by atoms with E-state index in [9.17, 15) is 9.59 Å². The maximum atomic E-state index is 12.3. The van der Waals surface area contributed by atoms with Crippen LogP contribution < -0.4 is 0 Å². The van der Waals surface area contributed by atoms with E-state index in [-0.39, 0.29) is 25.2 Å². The van der Waals surface area contributed by atoms with Crippen molar-refractivity contribution in [2.24, 2.45) is 0 Å². The first-order valence-electron chi connectivity index (χ1n) is 6.41. The standard InChI is InChI=1S/C13H20N2O4/c1-2-7-14(10-12(17)18)13(19)15(8-4-9-16)11-5-3-6-11/h1,11,16H,3-10H2,(H,17,18). The van der Waals surface area contributed by atoms with Gasteiger partial charge in [-0.25, -0.2) is 4.79 Å². The van der Waals surface area contributed by atoms with Gasteiger partial charge < -0.3 is 20.0 Å². The van der Waals surface area contributed by atoms with Gasteiger partial charge in [0.2, 0.25) is 0 Å². The molecule has 0 unspecified atom stereocenters. The number of carboxylic acid groups (broad SMARTS) is 1. The summed E-state index contributed by atoms with van der Waals surface area (Å²) in [6, 6.07) is -0.202. The molecule has 1 saturated carbocycles. The third kappa shape index (κ3) is 4.45. The average Bonchev–Trinajstić information content (AvgIpc) is 2.30. The molecule has 0 aliphatic heterocycles. The van der Waals surface area contributed by atoms with E-state index in [4.69, 9.17) is 16.6 Å². The molecule has 0 atom stereocenters. The molecule has 2 amide bonds. The van der Waals surface area contributed by atoms with E-state index in [0.717, 1.165) is 24.2 Å². The number of aliphatic hydroxyl groups is 1. The number of nitrogens with zero attached hydrogens (tertiary/aromatic N) is 2. The molecule has 0 aromatic carbocycles. The Hall–Kier alpha value is -1.74. The van der Waals surface area contributed by atoms with E-state index in [0.29, 0.717) is 13.0 Å². The average molecular weight is 268 g/mol. The molecule has 106 valence electrons. The van der Waals surface area contributed by atoms with Crippen LogP contribution in [0.25, 0.3) is 0 Å². The molecular weight excluding hydrogens is 248 g/mol. The highest BCUT2D eigenvalue weighted by Crippen LogP contribution is 2.25. The molecular formula is C13H20N2O4. The van der Waals surface area contributed by atoms with Crippen LogP contribution in [-0.2, 0) is 4.79 Å². The Bertz CT molecular complexity index is 360. The Morgan fingerprint density at radius 2 is 2.05 bits per heavy atom. The van der Waals surface area contributed by atoms with Crippen molar-refractivity contribution in [3.8, 4) is 12.3 Å². The molecule has 0 saturated heterocycles. The highest BCUT2D eigenvalue weighted by Gasteiger charge is 2.31.